The molecule has 154 valence electrons. The van der Waals surface area contributed by atoms with Crippen LogP contribution in [0.5, 0.6) is 0 Å². The van der Waals surface area contributed by atoms with Crippen LogP contribution in [0.15, 0.2) is 66.7 Å². The summed E-state index contributed by atoms with van der Waals surface area (Å²) in [5.41, 5.74) is 5.20. The number of aryl methyl sites for hydroxylation is 2. The molecule has 30 heavy (non-hydrogen) atoms. The van der Waals surface area contributed by atoms with Gasteiger partial charge in [0.15, 0.2) is 0 Å². The van der Waals surface area contributed by atoms with Crippen LogP contribution in [0.2, 0.25) is 5.02 Å². The van der Waals surface area contributed by atoms with Gasteiger partial charge in [0.25, 0.3) is 5.91 Å². The molecule has 3 aromatic rings. The van der Waals surface area contributed by atoms with E-state index in [2.05, 4.69) is 22.0 Å². The van der Waals surface area contributed by atoms with Crippen molar-refractivity contribution in [3.05, 3.63) is 94.0 Å². The van der Waals surface area contributed by atoms with E-state index >= 15 is 0 Å². The average molecular weight is 422 g/mol. The van der Waals surface area contributed by atoms with Gasteiger partial charge < -0.3 is 16.0 Å². The second kappa shape index (κ2) is 9.94. The minimum atomic E-state index is -0.204. The lowest BCUT2D eigenvalue weighted by Gasteiger charge is -2.11. The number of carbonyl (C=O) groups is 2. The van der Waals surface area contributed by atoms with Gasteiger partial charge in [0.2, 0.25) is 5.91 Å². The second-order valence-electron chi connectivity index (χ2n) is 7.07. The Labute approximate surface area is 181 Å². The van der Waals surface area contributed by atoms with E-state index in [0.29, 0.717) is 22.8 Å². The molecule has 0 fully saturated rings. The summed E-state index contributed by atoms with van der Waals surface area (Å²) in [6, 6.07) is 20.2. The van der Waals surface area contributed by atoms with Gasteiger partial charge in [-0.05, 0) is 61.4 Å². The molecule has 0 aliphatic rings. The monoisotopic (exact) mass is 421 g/mol. The fourth-order valence-electron chi connectivity index (χ4n) is 3.02. The predicted molar refractivity (Wildman–Crippen MR) is 122 cm³/mol. The number of rotatable bonds is 7. The molecule has 0 spiro atoms. The minimum Gasteiger partial charge on any atom is -0.376 e. The largest absolute Gasteiger partial charge is 0.376 e. The van der Waals surface area contributed by atoms with Crippen molar-refractivity contribution in [2.45, 2.75) is 20.4 Å². The van der Waals surface area contributed by atoms with E-state index in [9.17, 15) is 9.59 Å². The third-order valence-electron chi connectivity index (χ3n) is 4.65. The van der Waals surface area contributed by atoms with E-state index in [1.165, 1.54) is 5.56 Å². The minimum absolute atomic E-state index is 0.157. The lowest BCUT2D eigenvalue weighted by molar-refractivity contribution is -0.114. The van der Waals surface area contributed by atoms with Crippen LogP contribution in [0.4, 0.5) is 11.4 Å². The quantitative estimate of drug-likeness (QED) is 0.506. The van der Waals surface area contributed by atoms with E-state index in [0.717, 1.165) is 16.8 Å². The summed E-state index contributed by atoms with van der Waals surface area (Å²) in [5, 5.41) is 9.42. The van der Waals surface area contributed by atoms with Gasteiger partial charge in [0, 0.05) is 28.5 Å². The number of amides is 2. The Bertz CT molecular complexity index is 1050. The van der Waals surface area contributed by atoms with Crippen molar-refractivity contribution in [2.24, 2.45) is 0 Å². The number of hydrogen-bond acceptors (Lipinski definition) is 3. The molecule has 0 aliphatic carbocycles. The Balaban J connectivity index is 1.50. The van der Waals surface area contributed by atoms with Crippen molar-refractivity contribution in [2.75, 3.05) is 17.2 Å². The van der Waals surface area contributed by atoms with Crippen molar-refractivity contribution in [3.8, 4) is 0 Å². The van der Waals surface area contributed by atoms with Crippen LogP contribution >= 0.6 is 11.6 Å². The topological polar surface area (TPSA) is 70.2 Å². The Kier molecular flexibility index (Phi) is 7.09. The highest BCUT2D eigenvalue weighted by atomic mass is 35.5. The first-order chi connectivity index (χ1) is 14.4. The van der Waals surface area contributed by atoms with E-state index in [1.54, 1.807) is 30.3 Å². The average Bonchev–Trinajstić information content (AvgIpc) is 2.73. The molecule has 0 bridgehead atoms. The zero-order valence-electron chi connectivity index (χ0n) is 17.0. The van der Waals surface area contributed by atoms with Gasteiger partial charge >= 0.3 is 0 Å². The van der Waals surface area contributed by atoms with Gasteiger partial charge in [-0.1, -0.05) is 47.5 Å². The Morgan fingerprint density at radius 2 is 1.67 bits per heavy atom. The van der Waals surface area contributed by atoms with Gasteiger partial charge in [0.05, 0.1) is 6.54 Å². The molecule has 0 radical (unpaired) electrons. The second-order valence-corrected chi connectivity index (χ2v) is 7.48. The van der Waals surface area contributed by atoms with E-state index < -0.39 is 0 Å². The van der Waals surface area contributed by atoms with E-state index in [4.69, 9.17) is 11.6 Å². The van der Waals surface area contributed by atoms with E-state index in [1.807, 2.05) is 44.2 Å². The van der Waals surface area contributed by atoms with Crippen molar-refractivity contribution < 1.29 is 9.59 Å². The molecule has 3 N–H and O–H groups in total. The zero-order chi connectivity index (χ0) is 21.5. The van der Waals surface area contributed by atoms with Gasteiger partial charge in [-0.3, -0.25) is 9.59 Å². The highest BCUT2D eigenvalue weighted by molar-refractivity contribution is 6.31. The zero-order valence-corrected chi connectivity index (χ0v) is 17.7. The first kappa shape index (κ1) is 21.4. The predicted octanol–water partition coefficient (Wildman–Crippen LogP) is 4.94. The number of benzene rings is 3. The van der Waals surface area contributed by atoms with Gasteiger partial charge in [-0.15, -0.1) is 0 Å². The molecular formula is C24H24ClN3O2. The number of anilines is 2. The van der Waals surface area contributed by atoms with Crippen LogP contribution in [0.1, 0.15) is 27.0 Å². The molecule has 0 unspecified atom stereocenters. The van der Waals surface area contributed by atoms with Crippen molar-refractivity contribution >= 4 is 34.8 Å². The Morgan fingerprint density at radius 1 is 0.933 bits per heavy atom. The molecule has 0 heterocycles. The molecule has 0 aromatic heterocycles. The molecule has 5 nitrogen and oxygen atoms in total. The number of nitrogens with one attached hydrogen (secondary N) is 3. The maximum Gasteiger partial charge on any atom is 0.251 e. The molecular weight excluding hydrogens is 398 g/mol. The molecule has 2 amide bonds. The van der Waals surface area contributed by atoms with Crippen LogP contribution in [-0.4, -0.2) is 18.4 Å². The first-order valence-electron chi connectivity index (χ1n) is 9.65. The molecule has 0 atom stereocenters. The Hall–Kier alpha value is -3.31. The molecule has 6 heteroatoms. The fourth-order valence-corrected chi connectivity index (χ4v) is 3.22. The summed E-state index contributed by atoms with van der Waals surface area (Å²) in [5.74, 6) is -0.366. The van der Waals surface area contributed by atoms with E-state index in [-0.39, 0.29) is 18.4 Å². The number of halogens is 1. The molecule has 3 rings (SSSR count). The van der Waals surface area contributed by atoms with Crippen LogP contribution in [-0.2, 0) is 11.3 Å². The lowest BCUT2D eigenvalue weighted by atomic mass is 10.1. The summed E-state index contributed by atoms with van der Waals surface area (Å²) >= 11 is 6.11. The van der Waals surface area contributed by atoms with Gasteiger partial charge in [-0.25, -0.2) is 0 Å². The van der Waals surface area contributed by atoms with Gasteiger partial charge in [0.1, 0.15) is 0 Å². The maximum absolute atomic E-state index is 12.3. The van der Waals surface area contributed by atoms with Crippen LogP contribution in [0.3, 0.4) is 0 Å². The van der Waals surface area contributed by atoms with Gasteiger partial charge in [-0.2, -0.15) is 0 Å². The standard InChI is InChI=1S/C24H24ClN3O2/c1-16-7-12-22(17(2)13-16)26-15-23(29)28-20-10-8-18(9-11-20)24(30)27-14-19-5-3-4-6-21(19)25/h3-13,26H,14-15H2,1-2H3,(H,27,30)(H,28,29). The molecule has 0 saturated heterocycles. The first-order valence-corrected chi connectivity index (χ1v) is 10.0. The summed E-state index contributed by atoms with van der Waals surface area (Å²) < 4.78 is 0. The molecule has 0 aliphatic heterocycles. The molecule has 0 saturated carbocycles. The Morgan fingerprint density at radius 3 is 2.37 bits per heavy atom. The third kappa shape index (κ3) is 5.84. The smallest absolute Gasteiger partial charge is 0.251 e. The van der Waals surface area contributed by atoms with Crippen LogP contribution in [0.25, 0.3) is 0 Å². The highest BCUT2D eigenvalue weighted by Gasteiger charge is 2.08. The maximum atomic E-state index is 12.3. The normalized spacial score (nSPS) is 10.4. The summed E-state index contributed by atoms with van der Waals surface area (Å²) in [4.78, 5) is 24.5. The number of carbonyl (C=O) groups excluding carboxylic acids is 2. The summed E-state index contributed by atoms with van der Waals surface area (Å²) in [7, 11) is 0. The summed E-state index contributed by atoms with van der Waals surface area (Å²) in [6.45, 7) is 4.54. The van der Waals surface area contributed by atoms with Crippen LogP contribution < -0.4 is 16.0 Å². The van der Waals surface area contributed by atoms with Crippen molar-refractivity contribution in [1.82, 2.24) is 5.32 Å². The highest BCUT2D eigenvalue weighted by Crippen LogP contribution is 2.17. The third-order valence-corrected chi connectivity index (χ3v) is 5.02. The fraction of sp³-hybridized carbons (Fsp3) is 0.167. The SMILES string of the molecule is Cc1ccc(NCC(=O)Nc2ccc(C(=O)NCc3ccccc3Cl)cc2)c(C)c1. The number of hydrogen-bond donors (Lipinski definition) is 3. The summed E-state index contributed by atoms with van der Waals surface area (Å²) in [6.07, 6.45) is 0. The van der Waals surface area contributed by atoms with Crippen molar-refractivity contribution in [1.29, 1.82) is 0 Å². The molecule has 3 aromatic carbocycles. The van der Waals surface area contributed by atoms with Crippen molar-refractivity contribution in [3.63, 3.8) is 0 Å². The van der Waals surface area contributed by atoms with Crippen LogP contribution in [0, 0.1) is 13.8 Å². The lowest BCUT2D eigenvalue weighted by Crippen LogP contribution is -2.23.